The van der Waals surface area contributed by atoms with Gasteiger partial charge in [-0.2, -0.15) is 0 Å². The monoisotopic (exact) mass is 221 g/mol. The standard InChI is InChI=1S/C5H7Cl4N/c6-2-1-3(7)5(9)10-4(2)8/h2-5,10H,1H2. The Balaban J connectivity index is 2.46. The highest BCUT2D eigenvalue weighted by atomic mass is 35.5. The zero-order valence-corrected chi connectivity index (χ0v) is 8.05. The Kier molecular flexibility index (Phi) is 3.39. The van der Waals surface area contributed by atoms with Gasteiger partial charge in [0.2, 0.25) is 0 Å². The van der Waals surface area contributed by atoms with Crippen LogP contribution in [-0.2, 0) is 0 Å². The van der Waals surface area contributed by atoms with Crippen molar-refractivity contribution in [1.82, 2.24) is 5.32 Å². The SMILES string of the molecule is ClC1CC(Cl)C(Cl)NC1Cl. The van der Waals surface area contributed by atoms with Crippen molar-refractivity contribution in [3.63, 3.8) is 0 Å². The second kappa shape index (κ2) is 3.68. The molecule has 1 aliphatic rings. The maximum Gasteiger partial charge on any atom is 0.100 e. The molecule has 0 spiro atoms. The average molecular weight is 223 g/mol. The van der Waals surface area contributed by atoms with E-state index in [0.717, 1.165) is 0 Å². The first kappa shape index (κ1) is 9.21. The number of rotatable bonds is 0. The van der Waals surface area contributed by atoms with E-state index in [1.165, 1.54) is 0 Å². The Morgan fingerprint density at radius 2 is 1.30 bits per heavy atom. The Morgan fingerprint density at radius 3 is 1.60 bits per heavy atom. The molecule has 10 heavy (non-hydrogen) atoms. The minimum absolute atomic E-state index is 0.126. The molecule has 0 amide bonds. The highest BCUT2D eigenvalue weighted by molar-refractivity contribution is 6.34. The van der Waals surface area contributed by atoms with Crippen LogP contribution in [0.5, 0.6) is 0 Å². The van der Waals surface area contributed by atoms with Gasteiger partial charge >= 0.3 is 0 Å². The Hall–Kier alpha value is 1.12. The van der Waals surface area contributed by atoms with E-state index in [9.17, 15) is 0 Å². The summed E-state index contributed by atoms with van der Waals surface area (Å²) in [6, 6.07) is 0. The highest BCUT2D eigenvalue weighted by Gasteiger charge is 2.32. The summed E-state index contributed by atoms with van der Waals surface area (Å²) >= 11 is 23.1. The molecule has 5 heteroatoms. The molecule has 0 aromatic heterocycles. The van der Waals surface area contributed by atoms with E-state index in [-0.39, 0.29) is 21.8 Å². The van der Waals surface area contributed by atoms with E-state index in [1.54, 1.807) is 0 Å². The number of nitrogens with one attached hydrogen (secondary N) is 1. The van der Waals surface area contributed by atoms with Crippen molar-refractivity contribution in [2.75, 3.05) is 0 Å². The van der Waals surface area contributed by atoms with Gasteiger partial charge in [0.05, 0.1) is 10.8 Å². The highest BCUT2D eigenvalue weighted by Crippen LogP contribution is 2.26. The quantitative estimate of drug-likeness (QED) is 0.490. The van der Waals surface area contributed by atoms with Crippen molar-refractivity contribution >= 4 is 46.4 Å². The van der Waals surface area contributed by atoms with Crippen molar-refractivity contribution in [2.24, 2.45) is 0 Å². The molecule has 0 radical (unpaired) electrons. The first-order valence-corrected chi connectivity index (χ1v) is 4.68. The van der Waals surface area contributed by atoms with Gasteiger partial charge in [-0.1, -0.05) is 0 Å². The fourth-order valence-corrected chi connectivity index (χ4v) is 1.98. The number of hydrogen-bond acceptors (Lipinski definition) is 1. The summed E-state index contributed by atoms with van der Waals surface area (Å²) in [6.45, 7) is 0. The lowest BCUT2D eigenvalue weighted by atomic mass is 10.1. The lowest BCUT2D eigenvalue weighted by Gasteiger charge is -2.30. The van der Waals surface area contributed by atoms with E-state index >= 15 is 0 Å². The lowest BCUT2D eigenvalue weighted by Crippen LogP contribution is -2.48. The summed E-state index contributed by atoms with van der Waals surface area (Å²) < 4.78 is 0. The van der Waals surface area contributed by atoms with Crippen LogP contribution in [0.1, 0.15) is 6.42 Å². The number of halogens is 4. The van der Waals surface area contributed by atoms with Gasteiger partial charge in [-0.15, -0.1) is 46.4 Å². The van der Waals surface area contributed by atoms with E-state index in [0.29, 0.717) is 6.42 Å². The van der Waals surface area contributed by atoms with Gasteiger partial charge < -0.3 is 0 Å². The lowest BCUT2D eigenvalue weighted by molar-refractivity contribution is 0.466. The molecule has 1 N–H and O–H groups in total. The van der Waals surface area contributed by atoms with Crippen molar-refractivity contribution in [1.29, 1.82) is 0 Å². The van der Waals surface area contributed by atoms with Gasteiger partial charge in [0, 0.05) is 0 Å². The molecule has 0 aliphatic carbocycles. The molecule has 4 unspecified atom stereocenters. The second-order valence-electron chi connectivity index (χ2n) is 2.24. The molecule has 0 saturated carbocycles. The van der Waals surface area contributed by atoms with Crippen LogP contribution in [0, 0.1) is 0 Å². The van der Waals surface area contributed by atoms with Crippen molar-refractivity contribution < 1.29 is 0 Å². The van der Waals surface area contributed by atoms with E-state index in [2.05, 4.69) is 5.32 Å². The van der Waals surface area contributed by atoms with Gasteiger partial charge in [0.25, 0.3) is 0 Å². The van der Waals surface area contributed by atoms with E-state index in [4.69, 9.17) is 46.4 Å². The molecule has 1 aliphatic heterocycles. The summed E-state index contributed by atoms with van der Waals surface area (Å²) in [5, 5.41) is 2.59. The first-order valence-electron chi connectivity index (χ1n) is 2.93. The third-order valence-electron chi connectivity index (χ3n) is 1.40. The van der Waals surface area contributed by atoms with Crippen LogP contribution in [0.15, 0.2) is 0 Å². The summed E-state index contributed by atoms with van der Waals surface area (Å²) in [5.41, 5.74) is -0.529. The fourth-order valence-electron chi connectivity index (χ4n) is 0.815. The van der Waals surface area contributed by atoms with Crippen LogP contribution in [0.2, 0.25) is 0 Å². The van der Waals surface area contributed by atoms with Gasteiger partial charge in [0.1, 0.15) is 11.0 Å². The van der Waals surface area contributed by atoms with Crippen LogP contribution in [0.4, 0.5) is 0 Å². The molecule has 0 bridgehead atoms. The minimum Gasteiger partial charge on any atom is -0.283 e. The molecule has 4 atom stereocenters. The third kappa shape index (κ3) is 2.05. The van der Waals surface area contributed by atoms with Crippen molar-refractivity contribution in [2.45, 2.75) is 28.2 Å². The van der Waals surface area contributed by atoms with Gasteiger partial charge in [-0.3, -0.25) is 5.32 Å². The second-order valence-corrected chi connectivity index (χ2v) is 4.30. The minimum atomic E-state index is -0.265. The molecule has 0 aromatic carbocycles. The molecule has 1 saturated heterocycles. The van der Waals surface area contributed by atoms with Crippen LogP contribution < -0.4 is 5.32 Å². The summed E-state index contributed by atoms with van der Waals surface area (Å²) in [5.74, 6) is 0. The number of piperidine rings is 1. The van der Waals surface area contributed by atoms with E-state index < -0.39 is 0 Å². The molecule has 1 rings (SSSR count). The molecular formula is C5H7Cl4N. The smallest absolute Gasteiger partial charge is 0.100 e. The zero-order valence-electron chi connectivity index (χ0n) is 5.03. The Bertz CT molecular complexity index is 94.2. The maximum atomic E-state index is 5.79. The molecule has 1 nitrogen and oxygen atoms in total. The van der Waals surface area contributed by atoms with Crippen LogP contribution in [0.3, 0.4) is 0 Å². The molecule has 0 aromatic rings. The normalized spacial score (nSPS) is 49.2. The maximum absolute atomic E-state index is 5.79. The van der Waals surface area contributed by atoms with Crippen LogP contribution in [-0.4, -0.2) is 21.8 Å². The molecule has 60 valence electrons. The van der Waals surface area contributed by atoms with Crippen molar-refractivity contribution in [3.8, 4) is 0 Å². The topological polar surface area (TPSA) is 12.0 Å². The predicted octanol–water partition coefficient (Wildman–Crippen LogP) is 2.32. The first-order chi connectivity index (χ1) is 4.61. The zero-order chi connectivity index (χ0) is 7.72. The van der Waals surface area contributed by atoms with Gasteiger partial charge in [-0.05, 0) is 6.42 Å². The van der Waals surface area contributed by atoms with Crippen LogP contribution in [0.25, 0.3) is 0 Å². The molecular weight excluding hydrogens is 216 g/mol. The fraction of sp³-hybridized carbons (Fsp3) is 1.00. The average Bonchev–Trinajstić information content (AvgIpc) is 1.84. The Morgan fingerprint density at radius 1 is 0.900 bits per heavy atom. The summed E-state index contributed by atoms with van der Waals surface area (Å²) in [4.78, 5) is 0. The molecule has 1 fully saturated rings. The molecule has 1 heterocycles. The van der Waals surface area contributed by atoms with Gasteiger partial charge in [0.15, 0.2) is 0 Å². The number of hydrogen-bond donors (Lipinski definition) is 1. The van der Waals surface area contributed by atoms with E-state index in [1.807, 2.05) is 0 Å². The number of alkyl halides is 4. The van der Waals surface area contributed by atoms with Crippen molar-refractivity contribution in [3.05, 3.63) is 0 Å². The summed E-state index contributed by atoms with van der Waals surface area (Å²) in [7, 11) is 0. The summed E-state index contributed by atoms with van der Waals surface area (Å²) in [6.07, 6.45) is 0.651. The largest absolute Gasteiger partial charge is 0.283 e. The Labute approximate surface area is 80.0 Å². The van der Waals surface area contributed by atoms with Crippen LogP contribution >= 0.6 is 46.4 Å². The predicted molar refractivity (Wildman–Crippen MR) is 46.3 cm³/mol. The third-order valence-corrected chi connectivity index (χ3v) is 3.38. The van der Waals surface area contributed by atoms with Gasteiger partial charge in [-0.25, -0.2) is 0 Å².